The standard InChI is InChI=1S/C15H20N2O.ClH/c1-11-4-2-3-5-13(11)15(18)17-9-7-14-12(10-17)6-8-16-14;/h2-5,12,14,16H,6-10H2,1H3;1H. The number of carbonyl (C=O) groups is 1. The molecule has 1 N–H and O–H groups in total. The molecule has 3 nitrogen and oxygen atoms in total. The summed E-state index contributed by atoms with van der Waals surface area (Å²) >= 11 is 0. The van der Waals surface area contributed by atoms with Crippen LogP contribution in [0.15, 0.2) is 24.3 Å². The lowest BCUT2D eigenvalue weighted by atomic mass is 9.92. The van der Waals surface area contributed by atoms with E-state index in [1.807, 2.05) is 36.1 Å². The number of aryl methyl sites for hydroxylation is 1. The first-order valence-electron chi connectivity index (χ1n) is 6.84. The van der Waals surface area contributed by atoms with E-state index in [9.17, 15) is 4.79 Å². The number of piperidine rings is 1. The second-order valence-corrected chi connectivity index (χ2v) is 5.46. The third-order valence-electron chi connectivity index (χ3n) is 4.32. The van der Waals surface area contributed by atoms with Gasteiger partial charge in [0.25, 0.3) is 5.91 Å². The van der Waals surface area contributed by atoms with Gasteiger partial charge in [0.2, 0.25) is 0 Å². The fraction of sp³-hybridized carbons (Fsp3) is 0.533. The summed E-state index contributed by atoms with van der Waals surface area (Å²) < 4.78 is 0. The Bertz CT molecular complexity index is 463. The Labute approximate surface area is 120 Å². The van der Waals surface area contributed by atoms with Gasteiger partial charge >= 0.3 is 0 Å². The van der Waals surface area contributed by atoms with Crippen molar-refractivity contribution in [2.45, 2.75) is 25.8 Å². The molecule has 2 aliphatic heterocycles. The molecule has 0 radical (unpaired) electrons. The summed E-state index contributed by atoms with van der Waals surface area (Å²) in [6.45, 7) is 4.94. The Morgan fingerprint density at radius 1 is 1.32 bits per heavy atom. The maximum Gasteiger partial charge on any atom is 0.254 e. The Morgan fingerprint density at radius 2 is 2.11 bits per heavy atom. The molecule has 0 aliphatic carbocycles. The van der Waals surface area contributed by atoms with Gasteiger partial charge in [0.1, 0.15) is 0 Å². The normalized spacial score (nSPS) is 25.6. The van der Waals surface area contributed by atoms with Gasteiger partial charge in [-0.15, -0.1) is 12.4 Å². The van der Waals surface area contributed by atoms with Gasteiger partial charge in [-0.2, -0.15) is 0 Å². The van der Waals surface area contributed by atoms with Crippen LogP contribution in [-0.2, 0) is 0 Å². The maximum atomic E-state index is 12.5. The van der Waals surface area contributed by atoms with Crippen molar-refractivity contribution in [3.8, 4) is 0 Å². The second-order valence-electron chi connectivity index (χ2n) is 5.46. The van der Waals surface area contributed by atoms with Gasteiger partial charge in [-0.25, -0.2) is 0 Å². The van der Waals surface area contributed by atoms with E-state index in [1.165, 1.54) is 6.42 Å². The minimum atomic E-state index is 0. The Hall–Kier alpha value is -1.06. The van der Waals surface area contributed by atoms with Crippen molar-refractivity contribution in [3.63, 3.8) is 0 Å². The molecule has 0 aromatic heterocycles. The van der Waals surface area contributed by atoms with E-state index >= 15 is 0 Å². The number of hydrogen-bond donors (Lipinski definition) is 1. The molecule has 0 spiro atoms. The average molecular weight is 281 g/mol. The van der Waals surface area contributed by atoms with Crippen LogP contribution in [0.25, 0.3) is 0 Å². The topological polar surface area (TPSA) is 32.3 Å². The number of fused-ring (bicyclic) bond motifs is 1. The summed E-state index contributed by atoms with van der Waals surface area (Å²) in [5.74, 6) is 0.866. The van der Waals surface area contributed by atoms with Crippen LogP contribution in [0.1, 0.15) is 28.8 Å². The van der Waals surface area contributed by atoms with Gasteiger partial charge in [0.05, 0.1) is 0 Å². The van der Waals surface area contributed by atoms with Crippen molar-refractivity contribution in [1.82, 2.24) is 10.2 Å². The summed E-state index contributed by atoms with van der Waals surface area (Å²) in [6.07, 6.45) is 2.31. The molecule has 2 saturated heterocycles. The molecular weight excluding hydrogens is 260 g/mol. The predicted molar refractivity (Wildman–Crippen MR) is 78.8 cm³/mol. The van der Waals surface area contributed by atoms with Crippen LogP contribution in [0.2, 0.25) is 0 Å². The Balaban J connectivity index is 0.00000133. The molecular formula is C15H21ClN2O. The van der Waals surface area contributed by atoms with E-state index in [-0.39, 0.29) is 18.3 Å². The van der Waals surface area contributed by atoms with Gasteiger partial charge in [-0.05, 0) is 43.9 Å². The minimum absolute atomic E-state index is 0. The molecule has 1 aromatic rings. The number of likely N-dealkylation sites (tertiary alicyclic amines) is 1. The molecule has 2 aliphatic rings. The molecule has 2 heterocycles. The molecule has 2 atom stereocenters. The maximum absolute atomic E-state index is 12.5. The number of nitrogens with zero attached hydrogens (tertiary/aromatic N) is 1. The number of nitrogens with one attached hydrogen (secondary N) is 1. The van der Waals surface area contributed by atoms with Gasteiger partial charge in [-0.3, -0.25) is 4.79 Å². The van der Waals surface area contributed by atoms with Crippen LogP contribution in [0.4, 0.5) is 0 Å². The van der Waals surface area contributed by atoms with Crippen LogP contribution in [-0.4, -0.2) is 36.5 Å². The molecule has 2 unspecified atom stereocenters. The predicted octanol–water partition coefficient (Wildman–Crippen LogP) is 2.24. The van der Waals surface area contributed by atoms with E-state index in [4.69, 9.17) is 0 Å². The summed E-state index contributed by atoms with van der Waals surface area (Å²) in [7, 11) is 0. The SMILES string of the molecule is Cc1ccccc1C(=O)N1CCC2NCCC2C1.Cl. The summed E-state index contributed by atoms with van der Waals surface area (Å²) in [4.78, 5) is 14.6. The molecule has 1 aromatic carbocycles. The fourth-order valence-electron chi connectivity index (χ4n) is 3.22. The highest BCUT2D eigenvalue weighted by atomic mass is 35.5. The number of rotatable bonds is 1. The highest BCUT2D eigenvalue weighted by Gasteiger charge is 2.34. The van der Waals surface area contributed by atoms with E-state index in [1.54, 1.807) is 0 Å². The smallest absolute Gasteiger partial charge is 0.254 e. The summed E-state index contributed by atoms with van der Waals surface area (Å²) in [5.41, 5.74) is 1.94. The molecule has 1 amide bonds. The lowest BCUT2D eigenvalue weighted by Crippen LogP contribution is -2.47. The van der Waals surface area contributed by atoms with Crippen molar-refractivity contribution in [3.05, 3.63) is 35.4 Å². The van der Waals surface area contributed by atoms with E-state index in [0.717, 1.165) is 37.2 Å². The monoisotopic (exact) mass is 280 g/mol. The molecule has 4 heteroatoms. The van der Waals surface area contributed by atoms with Crippen molar-refractivity contribution in [2.24, 2.45) is 5.92 Å². The average Bonchev–Trinajstić information content (AvgIpc) is 2.85. The molecule has 3 rings (SSSR count). The van der Waals surface area contributed by atoms with Crippen LogP contribution in [0.3, 0.4) is 0 Å². The zero-order valence-electron chi connectivity index (χ0n) is 11.3. The molecule has 19 heavy (non-hydrogen) atoms. The number of amides is 1. The molecule has 2 fully saturated rings. The number of halogens is 1. The quantitative estimate of drug-likeness (QED) is 0.856. The number of hydrogen-bond acceptors (Lipinski definition) is 2. The minimum Gasteiger partial charge on any atom is -0.338 e. The number of benzene rings is 1. The van der Waals surface area contributed by atoms with Gasteiger partial charge in [0.15, 0.2) is 0 Å². The highest BCUT2D eigenvalue weighted by Crippen LogP contribution is 2.25. The zero-order valence-corrected chi connectivity index (χ0v) is 12.1. The largest absolute Gasteiger partial charge is 0.338 e. The summed E-state index contributed by atoms with van der Waals surface area (Å²) in [6, 6.07) is 8.53. The van der Waals surface area contributed by atoms with E-state index in [0.29, 0.717) is 12.0 Å². The third-order valence-corrected chi connectivity index (χ3v) is 4.32. The van der Waals surface area contributed by atoms with Crippen LogP contribution in [0.5, 0.6) is 0 Å². The van der Waals surface area contributed by atoms with Crippen LogP contribution < -0.4 is 5.32 Å². The third kappa shape index (κ3) is 2.77. The van der Waals surface area contributed by atoms with Crippen molar-refractivity contribution < 1.29 is 4.79 Å². The Kier molecular flexibility index (Phi) is 4.48. The van der Waals surface area contributed by atoms with Gasteiger partial charge in [0, 0.05) is 24.7 Å². The first-order chi connectivity index (χ1) is 8.75. The van der Waals surface area contributed by atoms with E-state index < -0.39 is 0 Å². The summed E-state index contributed by atoms with van der Waals surface area (Å²) in [5, 5.41) is 3.53. The van der Waals surface area contributed by atoms with Crippen LogP contribution >= 0.6 is 12.4 Å². The Morgan fingerprint density at radius 3 is 2.89 bits per heavy atom. The van der Waals surface area contributed by atoms with E-state index in [2.05, 4.69) is 5.32 Å². The lowest BCUT2D eigenvalue weighted by Gasteiger charge is -2.35. The van der Waals surface area contributed by atoms with Gasteiger partial charge in [-0.1, -0.05) is 18.2 Å². The highest BCUT2D eigenvalue weighted by molar-refractivity contribution is 5.95. The molecule has 104 valence electrons. The number of carbonyl (C=O) groups excluding carboxylic acids is 1. The first kappa shape index (κ1) is 14.4. The van der Waals surface area contributed by atoms with Crippen molar-refractivity contribution in [2.75, 3.05) is 19.6 Å². The van der Waals surface area contributed by atoms with Crippen molar-refractivity contribution in [1.29, 1.82) is 0 Å². The van der Waals surface area contributed by atoms with Crippen molar-refractivity contribution >= 4 is 18.3 Å². The zero-order chi connectivity index (χ0) is 12.5. The molecule has 0 saturated carbocycles. The first-order valence-corrected chi connectivity index (χ1v) is 6.84. The van der Waals surface area contributed by atoms with Crippen LogP contribution in [0, 0.1) is 12.8 Å². The lowest BCUT2D eigenvalue weighted by molar-refractivity contribution is 0.0661. The van der Waals surface area contributed by atoms with Gasteiger partial charge < -0.3 is 10.2 Å². The molecule has 0 bridgehead atoms. The fourth-order valence-corrected chi connectivity index (χ4v) is 3.22. The second kappa shape index (κ2) is 5.93.